The quantitative estimate of drug-likeness (QED) is 0.878. The monoisotopic (exact) mass is 288 g/mol. The average molecular weight is 288 g/mol. The predicted octanol–water partition coefficient (Wildman–Crippen LogP) is 4.08. The molecule has 2 heteroatoms. The van der Waals surface area contributed by atoms with Crippen molar-refractivity contribution in [2.24, 2.45) is 5.92 Å². The topological polar surface area (TPSA) is 15.3 Å². The van der Waals surface area contributed by atoms with Gasteiger partial charge >= 0.3 is 0 Å². The van der Waals surface area contributed by atoms with Gasteiger partial charge in [-0.15, -0.1) is 0 Å². The predicted molar refractivity (Wildman–Crippen MR) is 91.8 cm³/mol. The maximum atomic E-state index is 3.44. The molecule has 0 bridgehead atoms. The highest BCUT2D eigenvalue weighted by Crippen LogP contribution is 2.38. The Morgan fingerprint density at radius 2 is 1.90 bits per heavy atom. The van der Waals surface area contributed by atoms with Crippen LogP contribution in [0.15, 0.2) is 18.2 Å². The lowest BCUT2D eigenvalue weighted by Gasteiger charge is -2.37. The number of benzene rings is 1. The molecule has 1 aromatic rings. The Morgan fingerprint density at radius 3 is 2.52 bits per heavy atom. The van der Waals surface area contributed by atoms with E-state index in [9.17, 15) is 0 Å². The molecule has 1 saturated heterocycles. The van der Waals surface area contributed by atoms with Gasteiger partial charge in [-0.05, 0) is 82.4 Å². The first-order valence-corrected chi connectivity index (χ1v) is 8.63. The van der Waals surface area contributed by atoms with Crippen molar-refractivity contribution in [1.82, 2.24) is 10.2 Å². The number of hydrogen-bond acceptors (Lipinski definition) is 2. The van der Waals surface area contributed by atoms with Crippen molar-refractivity contribution in [1.29, 1.82) is 0 Å². The summed E-state index contributed by atoms with van der Waals surface area (Å²) in [6.07, 6.45) is 5.31. The minimum Gasteiger partial charge on any atom is -0.319 e. The summed E-state index contributed by atoms with van der Waals surface area (Å²) in [5.41, 5.74) is 4.52. The van der Waals surface area contributed by atoms with Crippen molar-refractivity contribution in [2.45, 2.75) is 52.5 Å². The molecule has 0 aliphatic carbocycles. The Labute approximate surface area is 130 Å². The molecule has 1 aliphatic rings. The summed E-state index contributed by atoms with van der Waals surface area (Å²) in [6.45, 7) is 10.5. The highest BCUT2D eigenvalue weighted by molar-refractivity contribution is 5.37. The van der Waals surface area contributed by atoms with Gasteiger partial charge in [-0.25, -0.2) is 0 Å². The van der Waals surface area contributed by atoms with Crippen LogP contribution in [-0.2, 0) is 0 Å². The molecule has 1 aromatic carbocycles. The van der Waals surface area contributed by atoms with Crippen LogP contribution in [0.3, 0.4) is 0 Å². The molecule has 118 valence electrons. The van der Waals surface area contributed by atoms with Gasteiger partial charge in [-0.1, -0.05) is 31.5 Å². The minimum absolute atomic E-state index is 0.584. The van der Waals surface area contributed by atoms with Gasteiger partial charge in [0.1, 0.15) is 0 Å². The zero-order valence-electron chi connectivity index (χ0n) is 14.3. The molecular weight excluding hydrogens is 256 g/mol. The number of hydrogen-bond donors (Lipinski definition) is 1. The Balaban J connectivity index is 2.42. The highest BCUT2D eigenvalue weighted by atomic mass is 15.2. The molecule has 0 radical (unpaired) electrons. The molecule has 2 unspecified atom stereocenters. The van der Waals surface area contributed by atoms with Crippen molar-refractivity contribution in [3.05, 3.63) is 34.9 Å². The van der Waals surface area contributed by atoms with E-state index in [-0.39, 0.29) is 0 Å². The fourth-order valence-electron chi connectivity index (χ4n) is 4.04. The molecule has 1 heterocycles. The van der Waals surface area contributed by atoms with Crippen LogP contribution in [0.5, 0.6) is 0 Å². The first kappa shape index (κ1) is 16.5. The molecular formula is C19H32N2. The van der Waals surface area contributed by atoms with Crippen LogP contribution in [0.2, 0.25) is 0 Å². The maximum Gasteiger partial charge on any atom is 0.0393 e. The molecule has 21 heavy (non-hydrogen) atoms. The SMILES string of the molecule is CCCN1CCCCC(CNC)C1c1c(C)cccc1C. The zero-order valence-corrected chi connectivity index (χ0v) is 14.3. The molecule has 1 fully saturated rings. The molecule has 0 amide bonds. The molecule has 1 aliphatic heterocycles. The summed E-state index contributed by atoms with van der Waals surface area (Å²) in [5.74, 6) is 0.726. The van der Waals surface area contributed by atoms with Crippen molar-refractivity contribution in [3.63, 3.8) is 0 Å². The number of nitrogens with zero attached hydrogens (tertiary/aromatic N) is 1. The van der Waals surface area contributed by atoms with Crippen LogP contribution in [0.25, 0.3) is 0 Å². The second-order valence-corrected chi connectivity index (χ2v) is 6.60. The third-order valence-corrected chi connectivity index (χ3v) is 4.93. The van der Waals surface area contributed by atoms with Gasteiger partial charge in [0.2, 0.25) is 0 Å². The standard InChI is InChI=1S/C19H32N2/c1-5-12-21-13-7-6-11-17(14-20-4)19(21)18-15(2)9-8-10-16(18)3/h8-10,17,19-20H,5-7,11-14H2,1-4H3. The molecule has 2 rings (SSSR count). The third kappa shape index (κ3) is 3.87. The summed E-state index contributed by atoms with van der Waals surface area (Å²) in [5, 5.41) is 3.44. The van der Waals surface area contributed by atoms with Crippen LogP contribution < -0.4 is 5.32 Å². The van der Waals surface area contributed by atoms with E-state index in [4.69, 9.17) is 0 Å². The van der Waals surface area contributed by atoms with Crippen molar-refractivity contribution >= 4 is 0 Å². The van der Waals surface area contributed by atoms with E-state index < -0.39 is 0 Å². The lowest BCUT2D eigenvalue weighted by Crippen LogP contribution is -2.37. The highest BCUT2D eigenvalue weighted by Gasteiger charge is 2.31. The lowest BCUT2D eigenvalue weighted by molar-refractivity contribution is 0.153. The van der Waals surface area contributed by atoms with E-state index >= 15 is 0 Å². The minimum atomic E-state index is 0.584. The van der Waals surface area contributed by atoms with Crippen LogP contribution in [0.4, 0.5) is 0 Å². The number of nitrogens with one attached hydrogen (secondary N) is 1. The first-order valence-electron chi connectivity index (χ1n) is 8.63. The second kappa shape index (κ2) is 7.95. The van der Waals surface area contributed by atoms with Gasteiger partial charge in [-0.3, -0.25) is 4.90 Å². The van der Waals surface area contributed by atoms with Gasteiger partial charge in [-0.2, -0.15) is 0 Å². The Hall–Kier alpha value is -0.860. The molecule has 0 spiro atoms. The summed E-state index contributed by atoms with van der Waals surface area (Å²) in [4.78, 5) is 2.75. The number of rotatable bonds is 5. The van der Waals surface area contributed by atoms with Gasteiger partial charge in [0.25, 0.3) is 0 Å². The second-order valence-electron chi connectivity index (χ2n) is 6.60. The fraction of sp³-hybridized carbons (Fsp3) is 0.684. The lowest BCUT2D eigenvalue weighted by atomic mass is 9.84. The van der Waals surface area contributed by atoms with E-state index in [1.807, 2.05) is 0 Å². The van der Waals surface area contributed by atoms with Crippen LogP contribution in [-0.4, -0.2) is 31.6 Å². The largest absolute Gasteiger partial charge is 0.319 e. The molecule has 2 atom stereocenters. The van der Waals surface area contributed by atoms with Crippen LogP contribution >= 0.6 is 0 Å². The summed E-state index contributed by atoms with van der Waals surface area (Å²) in [6, 6.07) is 7.35. The van der Waals surface area contributed by atoms with Crippen LogP contribution in [0.1, 0.15) is 55.3 Å². The third-order valence-electron chi connectivity index (χ3n) is 4.93. The summed E-state index contributed by atoms with van der Waals surface area (Å²) >= 11 is 0. The van der Waals surface area contributed by atoms with E-state index in [0.29, 0.717) is 6.04 Å². The van der Waals surface area contributed by atoms with E-state index in [2.05, 4.69) is 56.2 Å². The summed E-state index contributed by atoms with van der Waals surface area (Å²) < 4.78 is 0. The Morgan fingerprint density at radius 1 is 1.19 bits per heavy atom. The average Bonchev–Trinajstić information content (AvgIpc) is 2.64. The van der Waals surface area contributed by atoms with Crippen molar-refractivity contribution in [3.8, 4) is 0 Å². The van der Waals surface area contributed by atoms with Gasteiger partial charge in [0.15, 0.2) is 0 Å². The normalized spacial score (nSPS) is 24.0. The van der Waals surface area contributed by atoms with Gasteiger partial charge in [0, 0.05) is 6.04 Å². The smallest absolute Gasteiger partial charge is 0.0393 e. The van der Waals surface area contributed by atoms with Gasteiger partial charge in [0.05, 0.1) is 0 Å². The Kier molecular flexibility index (Phi) is 6.25. The van der Waals surface area contributed by atoms with Crippen LogP contribution in [0, 0.1) is 19.8 Å². The van der Waals surface area contributed by atoms with Gasteiger partial charge < -0.3 is 5.32 Å². The summed E-state index contributed by atoms with van der Waals surface area (Å²) in [7, 11) is 2.09. The van der Waals surface area contributed by atoms with Crippen molar-refractivity contribution in [2.75, 3.05) is 26.7 Å². The maximum absolute atomic E-state index is 3.44. The molecule has 2 nitrogen and oxygen atoms in total. The molecule has 0 aromatic heterocycles. The zero-order chi connectivity index (χ0) is 15.2. The number of likely N-dealkylation sites (tertiary alicyclic amines) is 1. The Bertz CT molecular complexity index is 405. The molecule has 1 N–H and O–H groups in total. The number of aryl methyl sites for hydroxylation is 2. The molecule has 0 saturated carbocycles. The van der Waals surface area contributed by atoms with E-state index in [0.717, 1.165) is 12.5 Å². The first-order chi connectivity index (χ1) is 10.2. The van der Waals surface area contributed by atoms with Crippen molar-refractivity contribution < 1.29 is 0 Å². The fourth-order valence-corrected chi connectivity index (χ4v) is 4.04. The van der Waals surface area contributed by atoms with E-state index in [1.54, 1.807) is 5.56 Å². The van der Waals surface area contributed by atoms with E-state index in [1.165, 1.54) is 49.9 Å².